The molecule has 2 fully saturated rings. The number of carbonyl (C=O) groups excluding carboxylic acids is 1. The van der Waals surface area contributed by atoms with Gasteiger partial charge in [-0.15, -0.1) is 0 Å². The topological polar surface area (TPSA) is 44.4 Å². The summed E-state index contributed by atoms with van der Waals surface area (Å²) < 4.78 is 0. The Morgan fingerprint density at radius 1 is 1.07 bits per heavy atom. The lowest BCUT2D eigenvalue weighted by molar-refractivity contribution is 0.122. The minimum Gasteiger partial charge on any atom is -0.341 e. The molecule has 0 bridgehead atoms. The summed E-state index contributed by atoms with van der Waals surface area (Å²) >= 11 is 0. The van der Waals surface area contributed by atoms with Gasteiger partial charge in [-0.3, -0.25) is 0 Å². The molecule has 0 spiro atoms. The van der Waals surface area contributed by atoms with Crippen LogP contribution in [0.4, 0.5) is 4.79 Å². The highest BCUT2D eigenvalue weighted by molar-refractivity contribution is 5.73. The van der Waals surface area contributed by atoms with E-state index in [9.17, 15) is 4.79 Å². The van der Waals surface area contributed by atoms with Crippen LogP contribution < -0.4 is 10.6 Å². The standard InChI is InChI=1S/C21H33N3O.C2H6/c1-22-21(25)23-20-12-6-5-11-19(20)16-24-13-7-10-18(15-24)14-17-8-3-2-4-9-17;1-2/h2-4,8-9,18-20H,5-7,10-16H2,1H3,(H2,22,23,25);1-2H3. The van der Waals surface area contributed by atoms with Crippen LogP contribution in [0.1, 0.15) is 57.9 Å². The van der Waals surface area contributed by atoms with Crippen molar-refractivity contribution in [1.29, 1.82) is 0 Å². The summed E-state index contributed by atoms with van der Waals surface area (Å²) in [4.78, 5) is 14.4. The predicted molar refractivity (Wildman–Crippen MR) is 114 cm³/mol. The van der Waals surface area contributed by atoms with Crippen LogP contribution in [0, 0.1) is 11.8 Å². The number of nitrogens with zero attached hydrogens (tertiary/aromatic N) is 1. The molecule has 1 saturated heterocycles. The largest absolute Gasteiger partial charge is 0.341 e. The van der Waals surface area contributed by atoms with E-state index in [2.05, 4.69) is 45.9 Å². The highest BCUT2D eigenvalue weighted by atomic mass is 16.2. The van der Waals surface area contributed by atoms with Crippen molar-refractivity contribution in [3.05, 3.63) is 35.9 Å². The van der Waals surface area contributed by atoms with Crippen molar-refractivity contribution in [2.45, 2.75) is 64.8 Å². The zero-order chi connectivity index (χ0) is 19.5. The van der Waals surface area contributed by atoms with Crippen molar-refractivity contribution in [2.24, 2.45) is 11.8 Å². The molecule has 3 unspecified atom stereocenters. The van der Waals surface area contributed by atoms with E-state index in [1.165, 1.54) is 57.2 Å². The molecule has 1 heterocycles. The quantitative estimate of drug-likeness (QED) is 0.800. The molecule has 0 aromatic heterocycles. The number of benzene rings is 1. The van der Waals surface area contributed by atoms with Gasteiger partial charge in [-0.1, -0.05) is 57.0 Å². The van der Waals surface area contributed by atoms with Crippen molar-refractivity contribution in [1.82, 2.24) is 15.5 Å². The number of rotatable bonds is 5. The van der Waals surface area contributed by atoms with Crippen LogP contribution in [-0.2, 0) is 6.42 Å². The summed E-state index contributed by atoms with van der Waals surface area (Å²) in [6, 6.07) is 11.2. The van der Waals surface area contributed by atoms with Crippen molar-refractivity contribution in [3.63, 3.8) is 0 Å². The molecule has 2 aliphatic rings. The zero-order valence-corrected chi connectivity index (χ0v) is 17.5. The van der Waals surface area contributed by atoms with Crippen molar-refractivity contribution in [3.8, 4) is 0 Å². The first-order valence-corrected chi connectivity index (χ1v) is 11.0. The summed E-state index contributed by atoms with van der Waals surface area (Å²) in [7, 11) is 1.70. The Hall–Kier alpha value is -1.55. The van der Waals surface area contributed by atoms with Gasteiger partial charge in [-0.2, -0.15) is 0 Å². The molecule has 1 saturated carbocycles. The fraction of sp³-hybridized carbons (Fsp3) is 0.696. The third kappa shape index (κ3) is 7.17. The number of amides is 2. The maximum absolute atomic E-state index is 11.7. The maximum atomic E-state index is 11.7. The molecule has 2 N–H and O–H groups in total. The summed E-state index contributed by atoms with van der Waals surface area (Å²) in [5.41, 5.74) is 1.46. The molecule has 4 heteroatoms. The molecule has 3 rings (SSSR count). The first kappa shape index (κ1) is 21.7. The maximum Gasteiger partial charge on any atom is 0.314 e. The SMILES string of the molecule is CC.CNC(=O)NC1CCCCC1CN1CCCC(Cc2ccccc2)C1. The fourth-order valence-electron chi connectivity index (χ4n) is 4.62. The lowest BCUT2D eigenvalue weighted by Crippen LogP contribution is -2.50. The van der Waals surface area contributed by atoms with Crippen LogP contribution in [0.2, 0.25) is 0 Å². The van der Waals surface area contributed by atoms with E-state index in [1.807, 2.05) is 13.8 Å². The van der Waals surface area contributed by atoms with Crippen LogP contribution in [0.25, 0.3) is 0 Å². The van der Waals surface area contributed by atoms with E-state index >= 15 is 0 Å². The van der Waals surface area contributed by atoms with Gasteiger partial charge in [-0.05, 0) is 56.0 Å². The molecule has 4 nitrogen and oxygen atoms in total. The van der Waals surface area contributed by atoms with Gasteiger partial charge >= 0.3 is 6.03 Å². The second-order valence-corrected chi connectivity index (χ2v) is 7.83. The number of urea groups is 1. The van der Waals surface area contributed by atoms with Gasteiger partial charge in [-0.25, -0.2) is 4.79 Å². The van der Waals surface area contributed by atoms with Gasteiger partial charge in [0.1, 0.15) is 0 Å². The van der Waals surface area contributed by atoms with Crippen molar-refractivity contribution in [2.75, 3.05) is 26.7 Å². The Kier molecular flexibility index (Phi) is 9.68. The average Bonchev–Trinajstić information content (AvgIpc) is 2.72. The number of hydrogen-bond acceptors (Lipinski definition) is 2. The van der Waals surface area contributed by atoms with E-state index in [4.69, 9.17) is 0 Å². The molecular formula is C23H39N3O. The average molecular weight is 374 g/mol. The summed E-state index contributed by atoms with van der Waals surface area (Å²) in [6.45, 7) is 7.56. The van der Waals surface area contributed by atoms with Crippen LogP contribution in [-0.4, -0.2) is 43.7 Å². The number of nitrogens with one attached hydrogen (secondary N) is 2. The highest BCUT2D eigenvalue weighted by Crippen LogP contribution is 2.28. The second kappa shape index (κ2) is 12.0. The monoisotopic (exact) mass is 373 g/mol. The Labute approximate surface area is 166 Å². The molecule has 2 amide bonds. The third-order valence-corrected chi connectivity index (χ3v) is 5.92. The van der Waals surface area contributed by atoms with E-state index in [-0.39, 0.29) is 6.03 Å². The lowest BCUT2D eigenvalue weighted by Gasteiger charge is -2.39. The molecular weight excluding hydrogens is 334 g/mol. The fourth-order valence-corrected chi connectivity index (χ4v) is 4.62. The zero-order valence-electron chi connectivity index (χ0n) is 17.5. The molecule has 1 aliphatic carbocycles. The molecule has 27 heavy (non-hydrogen) atoms. The smallest absolute Gasteiger partial charge is 0.314 e. The van der Waals surface area contributed by atoms with E-state index in [0.29, 0.717) is 12.0 Å². The minimum atomic E-state index is -0.0301. The van der Waals surface area contributed by atoms with Gasteiger partial charge in [0.05, 0.1) is 0 Å². The number of hydrogen-bond donors (Lipinski definition) is 2. The highest BCUT2D eigenvalue weighted by Gasteiger charge is 2.29. The van der Waals surface area contributed by atoms with Crippen LogP contribution in [0.3, 0.4) is 0 Å². The first-order valence-electron chi connectivity index (χ1n) is 11.0. The number of piperidine rings is 1. The summed E-state index contributed by atoms with van der Waals surface area (Å²) in [6.07, 6.45) is 8.75. The Bertz CT molecular complexity index is 534. The van der Waals surface area contributed by atoms with Gasteiger partial charge < -0.3 is 15.5 Å². The summed E-state index contributed by atoms with van der Waals surface area (Å²) in [5, 5.41) is 5.89. The first-order chi connectivity index (χ1) is 13.2. The van der Waals surface area contributed by atoms with E-state index in [0.717, 1.165) is 18.9 Å². The Morgan fingerprint density at radius 3 is 2.56 bits per heavy atom. The van der Waals surface area contributed by atoms with E-state index in [1.54, 1.807) is 7.05 Å². The third-order valence-electron chi connectivity index (χ3n) is 5.92. The predicted octanol–water partition coefficient (Wildman–Crippen LogP) is 4.46. The number of carbonyl (C=O) groups is 1. The van der Waals surface area contributed by atoms with Crippen LogP contribution >= 0.6 is 0 Å². The molecule has 3 atom stereocenters. The van der Waals surface area contributed by atoms with Gasteiger partial charge in [0.2, 0.25) is 0 Å². The Morgan fingerprint density at radius 2 is 1.81 bits per heavy atom. The van der Waals surface area contributed by atoms with Crippen molar-refractivity contribution >= 4 is 6.03 Å². The molecule has 1 aromatic carbocycles. The molecule has 1 aromatic rings. The number of likely N-dealkylation sites (tertiary alicyclic amines) is 1. The van der Waals surface area contributed by atoms with Gasteiger partial charge in [0.25, 0.3) is 0 Å². The molecule has 152 valence electrons. The van der Waals surface area contributed by atoms with Gasteiger partial charge in [0.15, 0.2) is 0 Å². The minimum absolute atomic E-state index is 0.0301. The lowest BCUT2D eigenvalue weighted by atomic mass is 9.83. The molecule has 1 aliphatic heterocycles. The normalized spacial score (nSPS) is 25.8. The van der Waals surface area contributed by atoms with E-state index < -0.39 is 0 Å². The van der Waals surface area contributed by atoms with Gasteiger partial charge in [0, 0.05) is 26.2 Å². The molecule has 0 radical (unpaired) electrons. The van der Waals surface area contributed by atoms with Crippen molar-refractivity contribution < 1.29 is 4.79 Å². The second-order valence-electron chi connectivity index (χ2n) is 7.83. The van der Waals surface area contributed by atoms with Crippen LogP contribution in [0.15, 0.2) is 30.3 Å². The van der Waals surface area contributed by atoms with Crippen LogP contribution in [0.5, 0.6) is 0 Å². The Balaban J connectivity index is 0.00000126. The summed E-state index contributed by atoms with van der Waals surface area (Å²) in [5.74, 6) is 1.37.